The zero-order valence-electron chi connectivity index (χ0n) is 13.9. The zero-order valence-corrected chi connectivity index (χ0v) is 13.9. The highest BCUT2D eigenvalue weighted by Gasteiger charge is 2.24. The van der Waals surface area contributed by atoms with Crippen molar-refractivity contribution in [2.24, 2.45) is 0 Å². The second-order valence-electron chi connectivity index (χ2n) is 6.59. The number of ether oxygens (including phenoxy) is 1. The van der Waals surface area contributed by atoms with E-state index in [1.807, 2.05) is 12.3 Å². The molecule has 0 saturated carbocycles. The lowest BCUT2D eigenvalue weighted by atomic mass is 10.2. The second-order valence-corrected chi connectivity index (χ2v) is 6.59. The normalized spacial score (nSPS) is 28.0. The van der Waals surface area contributed by atoms with Crippen molar-refractivity contribution in [2.75, 3.05) is 51.2 Å². The maximum Gasteiger partial charge on any atom is 0.225 e. The van der Waals surface area contributed by atoms with E-state index in [4.69, 9.17) is 9.72 Å². The Labute approximate surface area is 133 Å². The molecule has 2 aliphatic heterocycles. The summed E-state index contributed by atoms with van der Waals surface area (Å²) in [5.41, 5.74) is 1.11. The van der Waals surface area contributed by atoms with Gasteiger partial charge in [0.05, 0.1) is 17.9 Å². The minimum absolute atomic E-state index is 0.230. The fraction of sp³-hybridized carbons (Fsp3) is 0.750. The molecule has 3 heterocycles. The number of aromatic nitrogens is 2. The van der Waals surface area contributed by atoms with Crippen LogP contribution >= 0.6 is 0 Å². The van der Waals surface area contributed by atoms with Gasteiger partial charge >= 0.3 is 0 Å². The van der Waals surface area contributed by atoms with Crippen molar-refractivity contribution in [1.29, 1.82) is 0 Å². The molecule has 0 bridgehead atoms. The van der Waals surface area contributed by atoms with Crippen LogP contribution in [0.25, 0.3) is 0 Å². The topological polar surface area (TPSA) is 44.7 Å². The van der Waals surface area contributed by atoms with Crippen LogP contribution in [0.15, 0.2) is 12.3 Å². The molecule has 1 aromatic rings. The van der Waals surface area contributed by atoms with Crippen molar-refractivity contribution >= 4 is 5.95 Å². The fourth-order valence-electron chi connectivity index (χ4n) is 3.20. The van der Waals surface area contributed by atoms with E-state index in [2.05, 4.69) is 40.6 Å². The van der Waals surface area contributed by atoms with Gasteiger partial charge in [-0.25, -0.2) is 9.97 Å². The number of morpholine rings is 1. The molecule has 2 unspecified atom stereocenters. The molecular formula is C16H27N5O. The van der Waals surface area contributed by atoms with Crippen LogP contribution in [0.2, 0.25) is 0 Å². The quantitative estimate of drug-likeness (QED) is 0.824. The minimum atomic E-state index is 0.230. The van der Waals surface area contributed by atoms with E-state index in [0.717, 1.165) is 57.5 Å². The van der Waals surface area contributed by atoms with E-state index in [-0.39, 0.29) is 12.2 Å². The molecule has 122 valence electrons. The Morgan fingerprint density at radius 3 is 2.50 bits per heavy atom. The molecule has 0 amide bonds. The first-order valence-corrected chi connectivity index (χ1v) is 8.23. The van der Waals surface area contributed by atoms with E-state index in [0.29, 0.717) is 0 Å². The first kappa shape index (κ1) is 15.6. The van der Waals surface area contributed by atoms with Gasteiger partial charge in [-0.1, -0.05) is 0 Å². The van der Waals surface area contributed by atoms with Gasteiger partial charge in [-0.3, -0.25) is 4.90 Å². The first-order chi connectivity index (χ1) is 10.6. The smallest absolute Gasteiger partial charge is 0.225 e. The molecule has 3 rings (SSSR count). The molecule has 2 aliphatic rings. The summed E-state index contributed by atoms with van der Waals surface area (Å²) in [4.78, 5) is 16.3. The molecule has 0 aliphatic carbocycles. The molecule has 0 radical (unpaired) electrons. The summed E-state index contributed by atoms with van der Waals surface area (Å²) in [6.45, 7) is 11.4. The summed E-state index contributed by atoms with van der Waals surface area (Å²) < 4.78 is 5.79. The van der Waals surface area contributed by atoms with Gasteiger partial charge in [-0.05, 0) is 27.0 Å². The van der Waals surface area contributed by atoms with Gasteiger partial charge in [-0.2, -0.15) is 0 Å². The summed E-state index contributed by atoms with van der Waals surface area (Å²) in [6.07, 6.45) is 2.35. The average molecular weight is 305 g/mol. The first-order valence-electron chi connectivity index (χ1n) is 8.23. The summed E-state index contributed by atoms with van der Waals surface area (Å²) in [7, 11) is 2.18. The number of rotatable bonds is 3. The van der Waals surface area contributed by atoms with Crippen LogP contribution in [0.5, 0.6) is 0 Å². The average Bonchev–Trinajstić information content (AvgIpc) is 2.49. The summed E-state index contributed by atoms with van der Waals surface area (Å²) >= 11 is 0. The Hall–Kier alpha value is -1.24. The molecule has 2 saturated heterocycles. The number of anilines is 1. The van der Waals surface area contributed by atoms with Crippen LogP contribution in [-0.2, 0) is 11.3 Å². The lowest BCUT2D eigenvalue weighted by Crippen LogP contribution is -2.46. The van der Waals surface area contributed by atoms with Crippen molar-refractivity contribution in [2.45, 2.75) is 32.6 Å². The second kappa shape index (κ2) is 6.89. The van der Waals surface area contributed by atoms with Gasteiger partial charge in [0.15, 0.2) is 0 Å². The van der Waals surface area contributed by atoms with Crippen molar-refractivity contribution in [3.05, 3.63) is 18.0 Å². The number of nitrogens with zero attached hydrogens (tertiary/aromatic N) is 5. The van der Waals surface area contributed by atoms with Crippen LogP contribution in [0.1, 0.15) is 19.5 Å². The molecule has 6 nitrogen and oxygen atoms in total. The highest BCUT2D eigenvalue weighted by Crippen LogP contribution is 2.17. The van der Waals surface area contributed by atoms with Gasteiger partial charge in [0.2, 0.25) is 5.95 Å². The third-order valence-electron chi connectivity index (χ3n) is 4.38. The molecule has 2 fully saturated rings. The number of hydrogen-bond donors (Lipinski definition) is 0. The van der Waals surface area contributed by atoms with Gasteiger partial charge in [0.1, 0.15) is 0 Å². The van der Waals surface area contributed by atoms with Crippen LogP contribution in [0.3, 0.4) is 0 Å². The van der Waals surface area contributed by atoms with E-state index in [1.165, 1.54) is 0 Å². The monoisotopic (exact) mass is 305 g/mol. The molecule has 0 N–H and O–H groups in total. The van der Waals surface area contributed by atoms with E-state index in [1.54, 1.807) is 0 Å². The van der Waals surface area contributed by atoms with Gasteiger partial charge in [-0.15, -0.1) is 0 Å². The maximum absolute atomic E-state index is 5.79. The van der Waals surface area contributed by atoms with Crippen LogP contribution in [0, 0.1) is 0 Å². The van der Waals surface area contributed by atoms with E-state index in [9.17, 15) is 0 Å². The van der Waals surface area contributed by atoms with Crippen LogP contribution < -0.4 is 4.90 Å². The number of likely N-dealkylation sites (N-methyl/N-ethyl adjacent to an activating group) is 1. The summed E-state index contributed by atoms with van der Waals surface area (Å²) in [5.74, 6) is 0.841. The molecule has 0 aromatic carbocycles. The maximum atomic E-state index is 5.79. The standard InChI is InChI=1S/C16H27N5O/c1-13-10-21(11-14(2)22-13)16-17-5-4-15(18-16)12-20-8-6-19(3)7-9-20/h4-5,13-14H,6-12H2,1-3H3. The predicted octanol–water partition coefficient (Wildman–Crippen LogP) is 0.838. The van der Waals surface area contributed by atoms with E-state index >= 15 is 0 Å². The Bertz CT molecular complexity index is 479. The van der Waals surface area contributed by atoms with Crippen LogP contribution in [0.4, 0.5) is 5.95 Å². The summed E-state index contributed by atoms with van der Waals surface area (Å²) in [5, 5.41) is 0. The number of piperazine rings is 1. The Morgan fingerprint density at radius 2 is 1.82 bits per heavy atom. The Morgan fingerprint density at radius 1 is 1.14 bits per heavy atom. The highest BCUT2D eigenvalue weighted by molar-refractivity contribution is 5.31. The predicted molar refractivity (Wildman–Crippen MR) is 87.0 cm³/mol. The van der Waals surface area contributed by atoms with Crippen molar-refractivity contribution in [3.63, 3.8) is 0 Å². The van der Waals surface area contributed by atoms with E-state index < -0.39 is 0 Å². The van der Waals surface area contributed by atoms with Crippen LogP contribution in [-0.4, -0.2) is 78.3 Å². The number of hydrogen-bond acceptors (Lipinski definition) is 6. The van der Waals surface area contributed by atoms with Crippen molar-refractivity contribution in [3.8, 4) is 0 Å². The fourth-order valence-corrected chi connectivity index (χ4v) is 3.20. The lowest BCUT2D eigenvalue weighted by Gasteiger charge is -2.35. The Balaban J connectivity index is 1.64. The molecule has 6 heteroatoms. The molecule has 1 aromatic heterocycles. The summed E-state index contributed by atoms with van der Waals surface area (Å²) in [6, 6.07) is 2.04. The molecule has 22 heavy (non-hydrogen) atoms. The molecular weight excluding hydrogens is 278 g/mol. The third-order valence-corrected chi connectivity index (χ3v) is 4.38. The third kappa shape index (κ3) is 3.94. The highest BCUT2D eigenvalue weighted by atomic mass is 16.5. The largest absolute Gasteiger partial charge is 0.372 e. The lowest BCUT2D eigenvalue weighted by molar-refractivity contribution is -0.00574. The Kier molecular flexibility index (Phi) is 4.90. The van der Waals surface area contributed by atoms with Crippen molar-refractivity contribution < 1.29 is 4.74 Å². The zero-order chi connectivity index (χ0) is 15.5. The van der Waals surface area contributed by atoms with Crippen molar-refractivity contribution in [1.82, 2.24) is 19.8 Å². The van der Waals surface area contributed by atoms with Gasteiger partial charge in [0, 0.05) is 52.0 Å². The molecule has 0 spiro atoms. The van der Waals surface area contributed by atoms with Gasteiger partial charge in [0.25, 0.3) is 0 Å². The van der Waals surface area contributed by atoms with Gasteiger partial charge < -0.3 is 14.5 Å². The SMILES string of the molecule is CC1CN(c2nccc(CN3CCN(C)CC3)n2)CC(C)O1. The molecule has 2 atom stereocenters. The minimum Gasteiger partial charge on any atom is -0.372 e.